The topological polar surface area (TPSA) is 69.0 Å². The first-order valence-electron chi connectivity index (χ1n) is 9.79. The van der Waals surface area contributed by atoms with E-state index in [1.807, 2.05) is 0 Å². The molecule has 0 atom stereocenters. The lowest BCUT2D eigenvalue weighted by Gasteiger charge is -2.12. The fourth-order valence-electron chi connectivity index (χ4n) is 2.71. The van der Waals surface area contributed by atoms with Crippen LogP contribution in [0.3, 0.4) is 0 Å². The zero-order valence-electron chi connectivity index (χ0n) is 17.1. The number of hydrogen-bond acceptors (Lipinski definition) is 4. The SMILES string of the molecule is O=C(NCCOCCn1cc(-c2cc(F)c(F)cc2F)nn1)C(F)(F)/C=C/c1ccccc1. The predicted molar refractivity (Wildman–Crippen MR) is 110 cm³/mol. The van der Waals surface area contributed by atoms with Crippen molar-refractivity contribution in [1.82, 2.24) is 20.3 Å². The first-order valence-corrected chi connectivity index (χ1v) is 9.79. The van der Waals surface area contributed by atoms with Gasteiger partial charge in [0.05, 0.1) is 26.0 Å². The number of benzene rings is 2. The average molecular weight is 466 g/mol. The summed E-state index contributed by atoms with van der Waals surface area (Å²) >= 11 is 0. The molecule has 0 bridgehead atoms. The number of carbonyl (C=O) groups is 1. The number of amides is 1. The van der Waals surface area contributed by atoms with E-state index in [1.54, 1.807) is 30.3 Å². The summed E-state index contributed by atoms with van der Waals surface area (Å²) in [5, 5.41) is 9.53. The molecule has 174 valence electrons. The van der Waals surface area contributed by atoms with Crippen molar-refractivity contribution >= 4 is 12.0 Å². The molecule has 11 heteroatoms. The molecule has 0 unspecified atom stereocenters. The molecule has 1 heterocycles. The molecule has 0 saturated carbocycles. The molecule has 0 radical (unpaired) electrons. The number of halogens is 5. The summed E-state index contributed by atoms with van der Waals surface area (Å²) in [5.74, 6) is -8.64. The highest BCUT2D eigenvalue weighted by Crippen LogP contribution is 2.23. The first kappa shape index (κ1) is 24.1. The van der Waals surface area contributed by atoms with E-state index in [9.17, 15) is 26.7 Å². The summed E-state index contributed by atoms with van der Waals surface area (Å²) in [7, 11) is 0. The van der Waals surface area contributed by atoms with Gasteiger partial charge in [-0.25, -0.2) is 17.9 Å². The van der Waals surface area contributed by atoms with Crippen LogP contribution in [-0.4, -0.2) is 46.6 Å². The maximum atomic E-state index is 13.9. The maximum absolute atomic E-state index is 13.9. The van der Waals surface area contributed by atoms with Crippen molar-refractivity contribution < 1.29 is 31.5 Å². The molecule has 33 heavy (non-hydrogen) atoms. The second-order valence-corrected chi connectivity index (χ2v) is 6.85. The normalized spacial score (nSPS) is 11.8. The molecule has 0 saturated heterocycles. The van der Waals surface area contributed by atoms with Crippen LogP contribution in [0.1, 0.15) is 5.56 Å². The fourth-order valence-corrected chi connectivity index (χ4v) is 2.71. The van der Waals surface area contributed by atoms with E-state index in [1.165, 1.54) is 10.9 Å². The van der Waals surface area contributed by atoms with E-state index in [0.29, 0.717) is 23.8 Å². The minimum atomic E-state index is -3.68. The van der Waals surface area contributed by atoms with Crippen LogP contribution in [0.2, 0.25) is 0 Å². The van der Waals surface area contributed by atoms with E-state index in [-0.39, 0.29) is 37.6 Å². The van der Waals surface area contributed by atoms with Crippen LogP contribution in [0, 0.1) is 17.5 Å². The fraction of sp³-hybridized carbons (Fsp3) is 0.227. The Morgan fingerprint density at radius 3 is 2.55 bits per heavy atom. The standard InChI is InChI=1S/C22H19F5N4O2/c23-17-13-19(25)18(24)12-16(17)20-14-31(30-29-20)9-11-33-10-8-28-21(32)22(26,27)7-6-15-4-2-1-3-5-15/h1-7,12-14H,8-11H2,(H,28,32)/b7-6+. The van der Waals surface area contributed by atoms with E-state index in [4.69, 9.17) is 4.74 Å². The molecule has 6 nitrogen and oxygen atoms in total. The molecule has 3 aromatic rings. The number of rotatable bonds is 10. The highest BCUT2D eigenvalue weighted by Gasteiger charge is 2.35. The first-order chi connectivity index (χ1) is 15.8. The van der Waals surface area contributed by atoms with Gasteiger partial charge >= 0.3 is 5.92 Å². The third kappa shape index (κ3) is 6.69. The Labute approximate surface area is 185 Å². The molecule has 1 amide bonds. The molecule has 3 rings (SSSR count). The zero-order valence-corrected chi connectivity index (χ0v) is 17.1. The molecule has 0 aliphatic carbocycles. The van der Waals surface area contributed by atoms with Gasteiger partial charge in [-0.1, -0.05) is 41.6 Å². The van der Waals surface area contributed by atoms with Gasteiger partial charge in [-0.15, -0.1) is 5.10 Å². The summed E-state index contributed by atoms with van der Waals surface area (Å²) in [6, 6.07) is 9.49. The number of ether oxygens (including phenoxy) is 1. The lowest BCUT2D eigenvalue weighted by Crippen LogP contribution is -2.40. The van der Waals surface area contributed by atoms with Crippen LogP contribution in [0.4, 0.5) is 22.0 Å². The van der Waals surface area contributed by atoms with Crippen molar-refractivity contribution in [3.05, 3.63) is 77.8 Å². The number of nitrogens with one attached hydrogen (secondary N) is 1. The Morgan fingerprint density at radius 2 is 1.79 bits per heavy atom. The Hall–Kier alpha value is -3.60. The van der Waals surface area contributed by atoms with Gasteiger partial charge in [-0.05, 0) is 17.7 Å². The highest BCUT2D eigenvalue weighted by molar-refractivity contribution is 5.86. The van der Waals surface area contributed by atoms with Crippen molar-refractivity contribution in [3.63, 3.8) is 0 Å². The average Bonchev–Trinajstić information content (AvgIpc) is 3.26. The molecule has 0 aliphatic heterocycles. The second kappa shape index (κ2) is 10.8. The van der Waals surface area contributed by atoms with Crippen LogP contribution in [-0.2, 0) is 16.1 Å². The largest absolute Gasteiger partial charge is 0.378 e. The third-order valence-electron chi connectivity index (χ3n) is 4.41. The lowest BCUT2D eigenvalue weighted by molar-refractivity contribution is -0.139. The molecule has 0 fully saturated rings. The number of carbonyl (C=O) groups excluding carboxylic acids is 1. The van der Waals surface area contributed by atoms with Gasteiger partial charge in [0.15, 0.2) is 11.6 Å². The van der Waals surface area contributed by atoms with Gasteiger partial charge in [0.1, 0.15) is 11.5 Å². The molecule has 1 N–H and O–H groups in total. The Bertz CT molecular complexity index is 1120. The lowest BCUT2D eigenvalue weighted by atomic mass is 10.1. The van der Waals surface area contributed by atoms with Crippen LogP contribution in [0.25, 0.3) is 17.3 Å². The van der Waals surface area contributed by atoms with E-state index < -0.39 is 29.3 Å². The maximum Gasteiger partial charge on any atom is 0.343 e. The molecular weight excluding hydrogens is 447 g/mol. The monoisotopic (exact) mass is 466 g/mol. The minimum Gasteiger partial charge on any atom is -0.378 e. The quantitative estimate of drug-likeness (QED) is 0.280. The van der Waals surface area contributed by atoms with Crippen LogP contribution < -0.4 is 5.32 Å². The molecule has 2 aromatic carbocycles. The minimum absolute atomic E-state index is 0.00412. The van der Waals surface area contributed by atoms with Gasteiger partial charge in [-0.2, -0.15) is 8.78 Å². The highest BCUT2D eigenvalue weighted by atomic mass is 19.3. The van der Waals surface area contributed by atoms with Crippen molar-refractivity contribution in [3.8, 4) is 11.3 Å². The third-order valence-corrected chi connectivity index (χ3v) is 4.41. The summed E-state index contributed by atoms with van der Waals surface area (Å²) in [5.41, 5.74) is 0.298. The Balaban J connectivity index is 1.39. The zero-order chi connectivity index (χ0) is 23.8. The second-order valence-electron chi connectivity index (χ2n) is 6.85. The Morgan fingerprint density at radius 1 is 1.06 bits per heavy atom. The predicted octanol–water partition coefficient (Wildman–Crippen LogP) is 3.84. The summed E-state index contributed by atoms with van der Waals surface area (Å²) in [6.45, 7) is 0.0747. The van der Waals surface area contributed by atoms with Crippen molar-refractivity contribution in [2.75, 3.05) is 19.8 Å². The number of hydrogen-bond donors (Lipinski definition) is 1. The van der Waals surface area contributed by atoms with Crippen LogP contribution in [0.15, 0.2) is 54.7 Å². The molecule has 1 aromatic heterocycles. The number of aromatic nitrogens is 3. The van der Waals surface area contributed by atoms with Crippen LogP contribution >= 0.6 is 0 Å². The van der Waals surface area contributed by atoms with E-state index >= 15 is 0 Å². The van der Waals surface area contributed by atoms with E-state index in [0.717, 1.165) is 6.08 Å². The van der Waals surface area contributed by atoms with Gasteiger partial charge in [0.2, 0.25) is 0 Å². The Kier molecular flexibility index (Phi) is 7.88. The van der Waals surface area contributed by atoms with E-state index in [2.05, 4.69) is 15.6 Å². The van der Waals surface area contributed by atoms with Crippen LogP contribution in [0.5, 0.6) is 0 Å². The number of alkyl halides is 2. The summed E-state index contributed by atoms with van der Waals surface area (Å²) in [4.78, 5) is 11.7. The summed E-state index contributed by atoms with van der Waals surface area (Å²) < 4.78 is 74.5. The van der Waals surface area contributed by atoms with Gasteiger partial charge in [0, 0.05) is 18.2 Å². The molecular formula is C22H19F5N4O2. The smallest absolute Gasteiger partial charge is 0.343 e. The molecule has 0 spiro atoms. The van der Waals surface area contributed by atoms with Gasteiger partial charge < -0.3 is 10.1 Å². The molecule has 0 aliphatic rings. The summed E-state index contributed by atoms with van der Waals surface area (Å²) in [6.07, 6.45) is 3.01. The van der Waals surface area contributed by atoms with Crippen molar-refractivity contribution in [2.24, 2.45) is 0 Å². The van der Waals surface area contributed by atoms with Gasteiger partial charge in [-0.3, -0.25) is 4.79 Å². The van der Waals surface area contributed by atoms with Gasteiger partial charge in [0.25, 0.3) is 5.91 Å². The van der Waals surface area contributed by atoms with Crippen molar-refractivity contribution in [1.29, 1.82) is 0 Å². The van der Waals surface area contributed by atoms with Crippen molar-refractivity contribution in [2.45, 2.75) is 12.5 Å². The number of nitrogens with zero attached hydrogens (tertiary/aromatic N) is 3.